The van der Waals surface area contributed by atoms with Crippen LogP contribution in [0.5, 0.6) is 0 Å². The van der Waals surface area contributed by atoms with Crippen LogP contribution >= 0.6 is 11.3 Å². The first-order chi connectivity index (χ1) is 11.3. The fourth-order valence-corrected chi connectivity index (χ4v) is 3.05. The number of hydrogen-bond donors (Lipinski definition) is 1. The molecular weight excluding hydrogens is 310 g/mol. The molecule has 4 aromatic rings. The van der Waals surface area contributed by atoms with Gasteiger partial charge in [0.25, 0.3) is 5.91 Å². The van der Waals surface area contributed by atoms with E-state index in [1.807, 2.05) is 34.3 Å². The highest BCUT2D eigenvalue weighted by molar-refractivity contribution is 7.07. The molecule has 4 rings (SSSR count). The maximum Gasteiger partial charge on any atom is 0.281 e. The van der Waals surface area contributed by atoms with Gasteiger partial charge < -0.3 is 4.98 Å². The normalized spacial score (nSPS) is 11.9. The molecule has 0 atom stereocenters. The fourth-order valence-electron chi connectivity index (χ4n) is 2.33. The van der Waals surface area contributed by atoms with Crippen LogP contribution in [-0.4, -0.2) is 25.4 Å². The number of pyridine rings is 2. The number of nitrogens with one attached hydrogen (secondary N) is 1. The first-order valence-electron chi connectivity index (χ1n) is 6.90. The van der Waals surface area contributed by atoms with Crippen LogP contribution in [0.4, 0.5) is 0 Å². The number of hydrogen-bond acceptors (Lipinski definition) is 4. The Morgan fingerprint density at radius 1 is 1.26 bits per heavy atom. The van der Waals surface area contributed by atoms with Crippen LogP contribution in [0, 0.1) is 0 Å². The standard InChI is InChI=1S/C16H11N5OS/c22-15(13-10-19-14-12(13)4-2-6-18-14)20-16-21(7-8-23-16)11-3-1-5-17-9-11/h1-10H,(H,18,19). The molecule has 0 aliphatic heterocycles. The van der Waals surface area contributed by atoms with E-state index in [1.165, 1.54) is 11.3 Å². The summed E-state index contributed by atoms with van der Waals surface area (Å²) in [6.07, 6.45) is 8.62. The molecule has 4 heterocycles. The number of carbonyl (C=O) groups is 1. The van der Waals surface area contributed by atoms with E-state index in [4.69, 9.17) is 0 Å². The third-order valence-corrected chi connectivity index (χ3v) is 4.15. The molecule has 0 fully saturated rings. The van der Waals surface area contributed by atoms with Gasteiger partial charge in [-0.1, -0.05) is 0 Å². The summed E-state index contributed by atoms with van der Waals surface area (Å²) in [5.41, 5.74) is 2.05. The summed E-state index contributed by atoms with van der Waals surface area (Å²) < 4.78 is 1.84. The van der Waals surface area contributed by atoms with Gasteiger partial charge in [-0.2, -0.15) is 4.99 Å². The lowest BCUT2D eigenvalue weighted by Crippen LogP contribution is -2.14. The van der Waals surface area contributed by atoms with Gasteiger partial charge in [0.05, 0.1) is 17.4 Å². The summed E-state index contributed by atoms with van der Waals surface area (Å²) in [6.45, 7) is 0. The number of H-pyrrole nitrogens is 1. The van der Waals surface area contributed by atoms with Gasteiger partial charge in [-0.3, -0.25) is 14.3 Å². The number of amides is 1. The summed E-state index contributed by atoms with van der Waals surface area (Å²) in [6, 6.07) is 7.41. The third kappa shape index (κ3) is 2.47. The second-order valence-corrected chi connectivity index (χ2v) is 5.66. The van der Waals surface area contributed by atoms with Gasteiger partial charge >= 0.3 is 0 Å². The van der Waals surface area contributed by atoms with Crippen molar-refractivity contribution >= 4 is 28.3 Å². The van der Waals surface area contributed by atoms with Crippen LogP contribution in [0.2, 0.25) is 0 Å². The number of rotatable bonds is 2. The minimum Gasteiger partial charge on any atom is -0.345 e. The number of aromatic nitrogens is 4. The van der Waals surface area contributed by atoms with E-state index in [9.17, 15) is 4.79 Å². The third-order valence-electron chi connectivity index (χ3n) is 3.39. The van der Waals surface area contributed by atoms with Crippen molar-refractivity contribution in [2.24, 2.45) is 4.99 Å². The van der Waals surface area contributed by atoms with Gasteiger partial charge in [-0.25, -0.2) is 4.98 Å². The number of fused-ring (bicyclic) bond motifs is 1. The van der Waals surface area contributed by atoms with E-state index < -0.39 is 0 Å². The molecule has 7 heteroatoms. The topological polar surface area (TPSA) is 75.9 Å². The average molecular weight is 321 g/mol. The molecular formula is C16H11N5OS. The van der Waals surface area contributed by atoms with Crippen molar-refractivity contribution in [2.45, 2.75) is 0 Å². The number of nitrogens with zero attached hydrogens (tertiary/aromatic N) is 4. The van der Waals surface area contributed by atoms with Gasteiger partial charge in [-0.15, -0.1) is 11.3 Å². The predicted molar refractivity (Wildman–Crippen MR) is 87.4 cm³/mol. The zero-order chi connectivity index (χ0) is 15.6. The molecule has 0 saturated heterocycles. The number of carbonyl (C=O) groups excluding carboxylic acids is 1. The van der Waals surface area contributed by atoms with E-state index in [2.05, 4.69) is 19.9 Å². The van der Waals surface area contributed by atoms with E-state index >= 15 is 0 Å². The van der Waals surface area contributed by atoms with Crippen LogP contribution in [0.3, 0.4) is 0 Å². The lowest BCUT2D eigenvalue weighted by Gasteiger charge is -2.00. The average Bonchev–Trinajstić information content (AvgIpc) is 3.22. The fraction of sp³-hybridized carbons (Fsp3) is 0. The number of thiazole rings is 1. The van der Waals surface area contributed by atoms with Gasteiger partial charge in [0.2, 0.25) is 0 Å². The van der Waals surface area contributed by atoms with E-state index in [0.29, 0.717) is 16.0 Å². The summed E-state index contributed by atoms with van der Waals surface area (Å²) in [7, 11) is 0. The molecule has 112 valence electrons. The maximum atomic E-state index is 12.5. The maximum absolute atomic E-state index is 12.5. The van der Waals surface area contributed by atoms with Crippen LogP contribution < -0.4 is 4.80 Å². The zero-order valence-corrected chi connectivity index (χ0v) is 12.7. The number of aromatic amines is 1. The van der Waals surface area contributed by atoms with Gasteiger partial charge in [0.1, 0.15) is 5.65 Å². The first-order valence-corrected chi connectivity index (χ1v) is 7.78. The van der Waals surface area contributed by atoms with Crippen LogP contribution in [0.1, 0.15) is 10.4 Å². The largest absolute Gasteiger partial charge is 0.345 e. The lowest BCUT2D eigenvalue weighted by atomic mass is 10.2. The van der Waals surface area contributed by atoms with Crippen molar-refractivity contribution in [3.63, 3.8) is 0 Å². The Balaban J connectivity index is 1.80. The van der Waals surface area contributed by atoms with Crippen molar-refractivity contribution in [1.29, 1.82) is 0 Å². The summed E-state index contributed by atoms with van der Waals surface area (Å²) in [4.78, 5) is 28.7. The predicted octanol–water partition coefficient (Wildman–Crippen LogP) is 2.55. The van der Waals surface area contributed by atoms with Gasteiger partial charge in [-0.05, 0) is 24.3 Å². The highest BCUT2D eigenvalue weighted by Crippen LogP contribution is 2.16. The van der Waals surface area contributed by atoms with E-state index in [-0.39, 0.29) is 5.91 Å². The molecule has 23 heavy (non-hydrogen) atoms. The Morgan fingerprint density at radius 2 is 2.17 bits per heavy atom. The summed E-state index contributed by atoms with van der Waals surface area (Å²) in [5.74, 6) is -0.302. The van der Waals surface area contributed by atoms with Crippen molar-refractivity contribution in [1.82, 2.24) is 19.5 Å². The summed E-state index contributed by atoms with van der Waals surface area (Å²) >= 11 is 1.40. The SMILES string of the molecule is O=C(N=c1sccn1-c1cccnc1)c1c[nH]c2ncccc12. The van der Waals surface area contributed by atoms with Crippen molar-refractivity contribution in [3.8, 4) is 5.69 Å². The Hall–Kier alpha value is -3.06. The first kappa shape index (κ1) is 13.6. The summed E-state index contributed by atoms with van der Waals surface area (Å²) in [5, 5.41) is 2.65. The van der Waals surface area contributed by atoms with Gasteiger partial charge in [0, 0.05) is 35.6 Å². The molecule has 0 bridgehead atoms. The molecule has 4 aromatic heterocycles. The molecule has 0 radical (unpaired) electrons. The van der Waals surface area contributed by atoms with Crippen LogP contribution in [0.25, 0.3) is 16.7 Å². The quantitative estimate of drug-likeness (QED) is 0.616. The highest BCUT2D eigenvalue weighted by atomic mass is 32.1. The molecule has 1 amide bonds. The van der Waals surface area contributed by atoms with Gasteiger partial charge in [0.15, 0.2) is 4.80 Å². The zero-order valence-electron chi connectivity index (χ0n) is 11.9. The molecule has 0 aliphatic rings. The second-order valence-electron chi connectivity index (χ2n) is 4.79. The molecule has 0 aliphatic carbocycles. The Bertz CT molecular complexity index is 1040. The monoisotopic (exact) mass is 321 g/mol. The smallest absolute Gasteiger partial charge is 0.281 e. The minimum absolute atomic E-state index is 0.302. The molecule has 0 aromatic carbocycles. The molecule has 0 unspecified atom stereocenters. The molecule has 6 nitrogen and oxygen atoms in total. The van der Waals surface area contributed by atoms with Crippen LogP contribution in [-0.2, 0) is 0 Å². The van der Waals surface area contributed by atoms with Crippen molar-refractivity contribution in [2.75, 3.05) is 0 Å². The second kappa shape index (κ2) is 5.62. The molecule has 0 spiro atoms. The molecule has 0 saturated carbocycles. The Kier molecular flexibility index (Phi) is 3.32. The van der Waals surface area contributed by atoms with E-state index in [1.54, 1.807) is 30.9 Å². The van der Waals surface area contributed by atoms with E-state index in [0.717, 1.165) is 11.1 Å². The Labute approximate surface area is 134 Å². The highest BCUT2D eigenvalue weighted by Gasteiger charge is 2.12. The van der Waals surface area contributed by atoms with Crippen molar-refractivity contribution < 1.29 is 4.79 Å². The minimum atomic E-state index is -0.302. The van der Waals surface area contributed by atoms with Crippen molar-refractivity contribution in [3.05, 3.63) is 71.0 Å². The molecule has 1 N–H and O–H groups in total. The lowest BCUT2D eigenvalue weighted by molar-refractivity contribution is 0.0999. The Morgan fingerprint density at radius 3 is 3.04 bits per heavy atom. The van der Waals surface area contributed by atoms with Crippen LogP contribution in [0.15, 0.2) is 65.6 Å².